The van der Waals surface area contributed by atoms with E-state index in [4.69, 9.17) is 11.6 Å². The molecule has 98 valence electrons. The third kappa shape index (κ3) is 4.53. The van der Waals surface area contributed by atoms with Crippen molar-refractivity contribution >= 4 is 29.8 Å². The maximum atomic E-state index is 9.75. The second-order valence-electron chi connectivity index (χ2n) is 3.45. The van der Waals surface area contributed by atoms with Crippen LogP contribution in [0, 0.1) is 0 Å². The largest absolute Gasteiger partial charge is 0.673 e. The molecule has 1 aromatic heterocycles. The van der Waals surface area contributed by atoms with Gasteiger partial charge in [-0.3, -0.25) is 0 Å². The van der Waals surface area contributed by atoms with Crippen molar-refractivity contribution in [2.75, 3.05) is 0 Å². The van der Waals surface area contributed by atoms with Gasteiger partial charge in [-0.1, -0.05) is 12.1 Å². The van der Waals surface area contributed by atoms with Gasteiger partial charge in [0.15, 0.2) is 0 Å². The number of hydrogen-bond acceptors (Lipinski definition) is 0. The second kappa shape index (κ2) is 6.04. The number of aromatic nitrogens is 1. The molecule has 0 spiro atoms. The Balaban J connectivity index is 0.000000280. The zero-order valence-electron chi connectivity index (χ0n) is 9.59. The topological polar surface area (TPSA) is 3.88 Å². The van der Waals surface area contributed by atoms with Crippen LogP contribution in [0.5, 0.6) is 0 Å². The number of aryl methyl sites for hydroxylation is 1. The number of rotatable bonds is 1. The van der Waals surface area contributed by atoms with Crippen LogP contribution in [0.2, 0.25) is 5.15 Å². The lowest BCUT2D eigenvalue weighted by molar-refractivity contribution is -0.665. The summed E-state index contributed by atoms with van der Waals surface area (Å²) in [6.45, 7) is 3.00. The average Bonchev–Trinajstić information content (AvgIpc) is 2.27. The van der Waals surface area contributed by atoms with Crippen LogP contribution in [-0.4, -0.2) is 7.25 Å². The van der Waals surface area contributed by atoms with E-state index in [2.05, 4.69) is 23.6 Å². The number of hydrogen-bond donors (Lipinski definition) is 0. The average molecular weight is 279 g/mol. The number of para-hydroxylation sites is 1. The zero-order valence-corrected chi connectivity index (χ0v) is 10.3. The molecule has 0 aliphatic carbocycles. The van der Waals surface area contributed by atoms with Gasteiger partial charge in [0.1, 0.15) is 6.54 Å². The summed E-state index contributed by atoms with van der Waals surface area (Å²) in [5.74, 6) is 0. The molecule has 1 aromatic carbocycles. The highest BCUT2D eigenvalue weighted by molar-refractivity contribution is 6.50. The van der Waals surface area contributed by atoms with Crippen LogP contribution in [0.3, 0.4) is 0 Å². The van der Waals surface area contributed by atoms with Gasteiger partial charge in [0.2, 0.25) is 5.52 Å². The van der Waals surface area contributed by atoms with Crippen LogP contribution >= 0.6 is 11.6 Å². The van der Waals surface area contributed by atoms with Crippen LogP contribution in [0.1, 0.15) is 6.92 Å². The Labute approximate surface area is 107 Å². The SMILES string of the molecule is CC[n+]1c(Cl)ccc2ccccc21.F[B-](F)(F)F. The summed E-state index contributed by atoms with van der Waals surface area (Å²) in [5.41, 5.74) is 1.19. The van der Waals surface area contributed by atoms with Gasteiger partial charge >= 0.3 is 7.25 Å². The molecule has 7 heteroatoms. The van der Waals surface area contributed by atoms with E-state index in [1.54, 1.807) is 0 Å². The summed E-state index contributed by atoms with van der Waals surface area (Å²) in [7, 11) is -6.00. The molecule has 0 fully saturated rings. The molecule has 0 N–H and O–H groups in total. The Hall–Kier alpha value is -1.30. The van der Waals surface area contributed by atoms with E-state index in [-0.39, 0.29) is 0 Å². The zero-order chi connectivity index (χ0) is 13.8. The highest BCUT2D eigenvalue weighted by atomic mass is 35.5. The Kier molecular flexibility index (Phi) is 4.96. The molecule has 0 amide bonds. The molecule has 2 aromatic rings. The van der Waals surface area contributed by atoms with E-state index >= 15 is 0 Å². The lowest BCUT2D eigenvalue weighted by atomic mass is 10.2. The van der Waals surface area contributed by atoms with E-state index in [1.165, 1.54) is 10.9 Å². The van der Waals surface area contributed by atoms with Gasteiger partial charge in [-0.15, -0.1) is 0 Å². The molecular formula is C11H11BClF4N. The lowest BCUT2D eigenvalue weighted by Gasteiger charge is -1.99. The molecule has 0 atom stereocenters. The van der Waals surface area contributed by atoms with Crippen molar-refractivity contribution in [1.82, 2.24) is 0 Å². The number of pyridine rings is 1. The number of fused-ring (bicyclic) bond motifs is 1. The van der Waals surface area contributed by atoms with Crippen LogP contribution in [0.25, 0.3) is 10.9 Å². The van der Waals surface area contributed by atoms with Crippen LogP contribution in [0.15, 0.2) is 36.4 Å². The monoisotopic (exact) mass is 279 g/mol. The summed E-state index contributed by atoms with van der Waals surface area (Å²) in [6, 6.07) is 12.2. The maximum absolute atomic E-state index is 9.75. The van der Waals surface area contributed by atoms with Gasteiger partial charge in [-0.25, -0.2) is 0 Å². The van der Waals surface area contributed by atoms with E-state index in [9.17, 15) is 17.3 Å². The first kappa shape index (κ1) is 14.8. The predicted molar refractivity (Wildman–Crippen MR) is 65.0 cm³/mol. The molecule has 2 rings (SSSR count). The van der Waals surface area contributed by atoms with Gasteiger partial charge in [-0.2, -0.15) is 4.57 Å². The van der Waals surface area contributed by atoms with Crippen molar-refractivity contribution in [2.24, 2.45) is 0 Å². The minimum absolute atomic E-state index is 0.793. The fourth-order valence-electron chi connectivity index (χ4n) is 1.56. The molecule has 0 aliphatic rings. The van der Waals surface area contributed by atoms with Gasteiger partial charge in [0.25, 0.3) is 5.15 Å². The maximum Gasteiger partial charge on any atom is 0.673 e. The Morgan fingerprint density at radius 3 is 2.17 bits per heavy atom. The fraction of sp³-hybridized carbons (Fsp3) is 0.182. The van der Waals surface area contributed by atoms with Gasteiger partial charge in [0, 0.05) is 17.5 Å². The van der Waals surface area contributed by atoms with Crippen LogP contribution in [0.4, 0.5) is 17.3 Å². The van der Waals surface area contributed by atoms with Gasteiger partial charge in [0.05, 0.1) is 0 Å². The Morgan fingerprint density at radius 2 is 1.61 bits per heavy atom. The van der Waals surface area contributed by atoms with Gasteiger partial charge < -0.3 is 17.3 Å². The second-order valence-corrected chi connectivity index (χ2v) is 3.84. The molecule has 0 aliphatic heterocycles. The normalized spacial score (nSPS) is 11.0. The summed E-state index contributed by atoms with van der Waals surface area (Å²) in [4.78, 5) is 0. The van der Waals surface area contributed by atoms with Crippen LogP contribution < -0.4 is 4.57 Å². The number of nitrogens with zero attached hydrogens (tertiary/aromatic N) is 1. The highest BCUT2D eigenvalue weighted by Crippen LogP contribution is 2.12. The molecule has 0 saturated heterocycles. The lowest BCUT2D eigenvalue weighted by Crippen LogP contribution is -2.34. The Bertz CT molecular complexity index is 524. The van der Waals surface area contributed by atoms with Crippen molar-refractivity contribution in [3.8, 4) is 0 Å². The first-order chi connectivity index (χ1) is 8.33. The molecule has 1 heterocycles. The van der Waals surface area contributed by atoms with Gasteiger partial charge in [-0.05, 0) is 30.7 Å². The summed E-state index contributed by atoms with van der Waals surface area (Å²) in [5, 5.41) is 2.02. The molecule has 0 saturated carbocycles. The predicted octanol–water partition coefficient (Wildman–Crippen LogP) is 4.10. The molecule has 0 unspecified atom stereocenters. The first-order valence-electron chi connectivity index (χ1n) is 5.27. The van der Waals surface area contributed by atoms with E-state index < -0.39 is 7.25 Å². The van der Waals surface area contributed by atoms with E-state index in [0.29, 0.717) is 0 Å². The third-order valence-corrected chi connectivity index (χ3v) is 2.53. The van der Waals surface area contributed by atoms with Crippen molar-refractivity contribution < 1.29 is 21.8 Å². The molecule has 0 radical (unpaired) electrons. The molecule has 1 nitrogen and oxygen atoms in total. The molecule has 18 heavy (non-hydrogen) atoms. The minimum atomic E-state index is -6.00. The minimum Gasteiger partial charge on any atom is -0.418 e. The van der Waals surface area contributed by atoms with Crippen molar-refractivity contribution in [3.05, 3.63) is 41.6 Å². The van der Waals surface area contributed by atoms with E-state index in [1.807, 2.05) is 24.3 Å². The fourth-order valence-corrected chi connectivity index (χ4v) is 1.83. The number of benzene rings is 1. The highest BCUT2D eigenvalue weighted by Gasteiger charge is 2.20. The van der Waals surface area contributed by atoms with E-state index in [0.717, 1.165) is 11.7 Å². The Morgan fingerprint density at radius 1 is 1.06 bits per heavy atom. The molecule has 0 bridgehead atoms. The van der Waals surface area contributed by atoms with Crippen molar-refractivity contribution in [2.45, 2.75) is 13.5 Å². The standard InChI is InChI=1S/C11H11ClN.BF4/c1-2-13-10-6-4-3-5-9(10)7-8-11(13)12;2-1(3,4)5/h3-8H,2H2,1H3;/q+1;-1. The number of halogens is 5. The molecular weight excluding hydrogens is 268 g/mol. The summed E-state index contributed by atoms with van der Waals surface area (Å²) < 4.78 is 41.1. The van der Waals surface area contributed by atoms with Crippen LogP contribution in [-0.2, 0) is 6.54 Å². The van der Waals surface area contributed by atoms with Crippen molar-refractivity contribution in [1.29, 1.82) is 0 Å². The smallest absolute Gasteiger partial charge is 0.418 e. The first-order valence-corrected chi connectivity index (χ1v) is 5.65. The quantitative estimate of drug-likeness (QED) is 0.320. The van der Waals surface area contributed by atoms with Crippen molar-refractivity contribution in [3.63, 3.8) is 0 Å². The summed E-state index contributed by atoms with van der Waals surface area (Å²) in [6.07, 6.45) is 0. The third-order valence-electron chi connectivity index (χ3n) is 2.20. The summed E-state index contributed by atoms with van der Waals surface area (Å²) >= 11 is 6.07.